The fraction of sp³-hybridized carbons (Fsp3) is 0.593. The van der Waals surface area contributed by atoms with Crippen LogP contribution in [0, 0.1) is 11.8 Å². The minimum atomic E-state index is -1.10. The van der Waals surface area contributed by atoms with Gasteiger partial charge in [0, 0.05) is 24.2 Å². The van der Waals surface area contributed by atoms with Crippen molar-refractivity contribution in [3.05, 3.63) is 29.3 Å². The molecule has 1 aromatic rings. The topological polar surface area (TPSA) is 146 Å². The third-order valence-electron chi connectivity index (χ3n) is 6.00. The molecule has 0 bridgehead atoms. The first-order valence-corrected chi connectivity index (χ1v) is 12.8. The van der Waals surface area contributed by atoms with Gasteiger partial charge in [0.2, 0.25) is 11.8 Å². The Labute approximate surface area is 221 Å². The molecule has 2 unspecified atom stereocenters. The minimum Gasteiger partial charge on any atom is -0.460 e. The maximum atomic E-state index is 13.1. The van der Waals surface area contributed by atoms with Crippen LogP contribution in [0.15, 0.2) is 18.2 Å². The largest absolute Gasteiger partial charge is 0.460 e. The summed E-state index contributed by atoms with van der Waals surface area (Å²) in [6.45, 7) is 7.92. The van der Waals surface area contributed by atoms with Gasteiger partial charge in [-0.15, -0.1) is 0 Å². The number of rotatable bonds is 14. The van der Waals surface area contributed by atoms with E-state index in [1.165, 1.54) is 0 Å². The highest BCUT2D eigenvalue weighted by molar-refractivity contribution is 6.30. The molecule has 1 aromatic carbocycles. The SMILES string of the molecule is CC(C)(C)OC(=O)CCOCCOCCOCCNc1cccc2c1C(=O)C(C1CCC(=O)NC1=O)C2=O. The Balaban J connectivity index is 1.31. The minimum absolute atomic E-state index is 0.108. The monoisotopic (exact) mass is 532 g/mol. The fourth-order valence-corrected chi connectivity index (χ4v) is 4.35. The number of hydrogen-bond acceptors (Lipinski definition) is 10. The molecule has 2 N–H and O–H groups in total. The Morgan fingerprint density at radius 2 is 1.61 bits per heavy atom. The molecular weight excluding hydrogens is 496 g/mol. The standard InChI is InChI=1S/C27H36N2O9/c1-27(2,3)38-21(31)9-11-35-13-15-37-16-14-36-12-10-28-19-6-4-5-17-22(19)25(33)23(24(17)32)18-7-8-20(30)29-26(18)34/h4-6,18,23,28H,7-16H2,1-3H3,(H,29,30,34). The molecule has 11 heteroatoms. The highest BCUT2D eigenvalue weighted by Gasteiger charge is 2.48. The van der Waals surface area contributed by atoms with Crippen LogP contribution in [0.5, 0.6) is 0 Å². The molecule has 1 saturated heterocycles. The van der Waals surface area contributed by atoms with E-state index in [0.29, 0.717) is 45.3 Å². The fourth-order valence-electron chi connectivity index (χ4n) is 4.35. The van der Waals surface area contributed by atoms with E-state index >= 15 is 0 Å². The molecule has 0 saturated carbocycles. The van der Waals surface area contributed by atoms with Crippen molar-refractivity contribution in [2.24, 2.45) is 11.8 Å². The molecule has 1 fully saturated rings. The number of ketones is 2. The highest BCUT2D eigenvalue weighted by Crippen LogP contribution is 2.38. The van der Waals surface area contributed by atoms with E-state index in [1.807, 2.05) is 20.8 Å². The lowest BCUT2D eigenvalue weighted by atomic mass is 9.82. The van der Waals surface area contributed by atoms with Gasteiger partial charge in [-0.25, -0.2) is 0 Å². The highest BCUT2D eigenvalue weighted by atomic mass is 16.6. The van der Waals surface area contributed by atoms with Crippen LogP contribution in [0.4, 0.5) is 5.69 Å². The molecule has 2 amide bonds. The number of carbonyl (C=O) groups excluding carboxylic acids is 5. The summed E-state index contributed by atoms with van der Waals surface area (Å²) in [6.07, 6.45) is 0.476. The number of Topliss-reactive ketones (excluding diaryl/α,β-unsaturated/α-hetero) is 2. The summed E-state index contributed by atoms with van der Waals surface area (Å²) in [5.41, 5.74) is 0.576. The first-order chi connectivity index (χ1) is 18.1. The second kappa shape index (κ2) is 13.6. The van der Waals surface area contributed by atoms with Crippen molar-refractivity contribution < 1.29 is 42.9 Å². The van der Waals surface area contributed by atoms with Gasteiger partial charge in [0.1, 0.15) is 5.60 Å². The van der Waals surface area contributed by atoms with Crippen molar-refractivity contribution in [2.45, 2.75) is 45.6 Å². The number of imide groups is 1. The molecule has 1 aliphatic heterocycles. The molecule has 2 atom stereocenters. The van der Waals surface area contributed by atoms with Crippen molar-refractivity contribution in [1.82, 2.24) is 5.32 Å². The van der Waals surface area contributed by atoms with Gasteiger partial charge in [-0.2, -0.15) is 0 Å². The average molecular weight is 533 g/mol. The molecule has 3 rings (SSSR count). The van der Waals surface area contributed by atoms with Crippen LogP contribution in [0.3, 0.4) is 0 Å². The summed E-state index contributed by atoms with van der Waals surface area (Å²) >= 11 is 0. The molecule has 0 aromatic heterocycles. The summed E-state index contributed by atoms with van der Waals surface area (Å²) in [6, 6.07) is 4.98. The molecule has 2 aliphatic rings. The van der Waals surface area contributed by atoms with Crippen molar-refractivity contribution in [2.75, 3.05) is 51.5 Å². The Morgan fingerprint density at radius 1 is 0.947 bits per heavy atom. The number of ether oxygens (including phenoxy) is 4. The van der Waals surface area contributed by atoms with E-state index in [4.69, 9.17) is 18.9 Å². The Morgan fingerprint density at radius 3 is 2.26 bits per heavy atom. The molecule has 38 heavy (non-hydrogen) atoms. The number of benzene rings is 1. The summed E-state index contributed by atoms with van der Waals surface area (Å²) in [4.78, 5) is 61.4. The Hall–Kier alpha value is -3.15. The van der Waals surface area contributed by atoms with Crippen LogP contribution in [0.1, 0.15) is 60.7 Å². The number of fused-ring (bicyclic) bond motifs is 1. The molecule has 0 spiro atoms. The van der Waals surface area contributed by atoms with Crippen molar-refractivity contribution in [1.29, 1.82) is 0 Å². The zero-order valence-corrected chi connectivity index (χ0v) is 22.1. The number of carbonyl (C=O) groups is 5. The lowest BCUT2D eigenvalue weighted by molar-refractivity contribution is -0.156. The lowest BCUT2D eigenvalue weighted by Crippen LogP contribution is -2.46. The third kappa shape index (κ3) is 8.17. The molecule has 1 aliphatic carbocycles. The van der Waals surface area contributed by atoms with Gasteiger partial charge in [-0.05, 0) is 33.3 Å². The van der Waals surface area contributed by atoms with E-state index in [1.54, 1.807) is 18.2 Å². The van der Waals surface area contributed by atoms with Crippen molar-refractivity contribution in [3.8, 4) is 0 Å². The molecule has 0 radical (unpaired) electrons. The summed E-state index contributed by atoms with van der Waals surface area (Å²) in [7, 11) is 0. The second-order valence-electron chi connectivity index (χ2n) is 10.1. The van der Waals surface area contributed by atoms with Gasteiger partial charge in [-0.3, -0.25) is 29.3 Å². The predicted molar refractivity (Wildman–Crippen MR) is 136 cm³/mol. The van der Waals surface area contributed by atoms with Gasteiger partial charge in [-0.1, -0.05) is 12.1 Å². The van der Waals surface area contributed by atoms with E-state index in [0.717, 1.165) is 0 Å². The van der Waals surface area contributed by atoms with E-state index in [9.17, 15) is 24.0 Å². The summed E-state index contributed by atoms with van der Waals surface area (Å²) in [5, 5.41) is 5.36. The third-order valence-corrected chi connectivity index (χ3v) is 6.00. The van der Waals surface area contributed by atoms with E-state index < -0.39 is 35.0 Å². The first kappa shape index (κ1) is 29.4. The summed E-state index contributed by atoms with van der Waals surface area (Å²) < 4.78 is 21.5. The van der Waals surface area contributed by atoms with Crippen LogP contribution in [0.25, 0.3) is 0 Å². The normalized spacial score (nSPS) is 19.3. The van der Waals surface area contributed by atoms with Crippen LogP contribution in [-0.2, 0) is 33.3 Å². The molecule has 208 valence electrons. The maximum Gasteiger partial charge on any atom is 0.308 e. The number of piperidine rings is 1. The molecular formula is C27H36N2O9. The van der Waals surface area contributed by atoms with Gasteiger partial charge in [0.15, 0.2) is 11.6 Å². The van der Waals surface area contributed by atoms with Crippen molar-refractivity contribution >= 4 is 35.0 Å². The number of hydrogen-bond donors (Lipinski definition) is 2. The number of esters is 1. The molecule has 11 nitrogen and oxygen atoms in total. The van der Waals surface area contributed by atoms with Crippen LogP contribution >= 0.6 is 0 Å². The first-order valence-electron chi connectivity index (χ1n) is 12.8. The zero-order valence-electron chi connectivity index (χ0n) is 22.1. The van der Waals surface area contributed by atoms with E-state index in [-0.39, 0.29) is 48.7 Å². The van der Waals surface area contributed by atoms with Gasteiger partial charge >= 0.3 is 5.97 Å². The zero-order chi connectivity index (χ0) is 27.7. The Bertz CT molecular complexity index is 1050. The number of anilines is 1. The van der Waals surface area contributed by atoms with Crippen LogP contribution in [0.2, 0.25) is 0 Å². The predicted octanol–water partition coefficient (Wildman–Crippen LogP) is 1.93. The van der Waals surface area contributed by atoms with Crippen LogP contribution in [-0.4, -0.2) is 81.1 Å². The average Bonchev–Trinajstić information content (AvgIpc) is 3.09. The molecule has 1 heterocycles. The van der Waals surface area contributed by atoms with Crippen LogP contribution < -0.4 is 10.6 Å². The number of amides is 2. The van der Waals surface area contributed by atoms with Crippen molar-refractivity contribution in [3.63, 3.8) is 0 Å². The smallest absolute Gasteiger partial charge is 0.308 e. The summed E-state index contributed by atoms with van der Waals surface area (Å²) in [5.74, 6) is -3.99. The lowest BCUT2D eigenvalue weighted by Gasteiger charge is -2.24. The number of nitrogens with one attached hydrogen (secondary N) is 2. The Kier molecular flexibility index (Phi) is 10.5. The van der Waals surface area contributed by atoms with Gasteiger partial charge in [0.05, 0.1) is 63.5 Å². The quantitative estimate of drug-likeness (QED) is 0.158. The second-order valence-corrected chi connectivity index (χ2v) is 10.1. The van der Waals surface area contributed by atoms with Gasteiger partial charge in [0.25, 0.3) is 0 Å². The maximum absolute atomic E-state index is 13.1. The van der Waals surface area contributed by atoms with E-state index in [2.05, 4.69) is 10.6 Å². The van der Waals surface area contributed by atoms with Gasteiger partial charge < -0.3 is 24.3 Å².